The Morgan fingerprint density at radius 2 is 1.88 bits per heavy atom. The van der Waals surface area contributed by atoms with Gasteiger partial charge in [0.05, 0.1) is 10.8 Å². The molecule has 0 atom stereocenters. The summed E-state index contributed by atoms with van der Waals surface area (Å²) < 4.78 is 0. The molecule has 1 saturated heterocycles. The Balaban J connectivity index is 1.74. The second-order valence-corrected chi connectivity index (χ2v) is 6.31. The third kappa shape index (κ3) is 3.47. The van der Waals surface area contributed by atoms with Crippen LogP contribution < -0.4 is 5.32 Å². The Morgan fingerprint density at radius 1 is 1.21 bits per heavy atom. The van der Waals surface area contributed by atoms with Crippen LogP contribution in [0.3, 0.4) is 0 Å². The van der Waals surface area contributed by atoms with Crippen molar-refractivity contribution >= 4 is 23.3 Å². The average molecular weight is 333 g/mol. The Labute approximate surface area is 138 Å². The standard InChI is InChI=1S/C16H19N3O5/c20-15(18-7-5-10(6-8-18)16(21)22)11-1-4-13(17-12-2-3-12)14(9-11)19(23)24/h1,4,9-10,12,17H,2-3,5-8H2,(H,21,22). The lowest BCUT2D eigenvalue weighted by atomic mass is 9.96. The average Bonchev–Trinajstić information content (AvgIpc) is 3.38. The molecule has 128 valence electrons. The highest BCUT2D eigenvalue weighted by Gasteiger charge is 2.29. The van der Waals surface area contributed by atoms with Gasteiger partial charge in [-0.1, -0.05) is 0 Å². The molecule has 2 fully saturated rings. The van der Waals surface area contributed by atoms with E-state index in [2.05, 4.69) is 5.32 Å². The summed E-state index contributed by atoms with van der Waals surface area (Å²) in [5.74, 6) is -1.55. The number of nitrogens with one attached hydrogen (secondary N) is 1. The molecule has 0 bridgehead atoms. The van der Waals surface area contributed by atoms with Crippen LogP contribution in [0, 0.1) is 16.0 Å². The molecule has 0 unspecified atom stereocenters. The number of rotatable bonds is 5. The molecule has 2 aliphatic rings. The molecule has 8 nitrogen and oxygen atoms in total. The number of carboxylic acids is 1. The number of nitrogens with zero attached hydrogens (tertiary/aromatic N) is 2. The molecule has 2 N–H and O–H groups in total. The van der Waals surface area contributed by atoms with Crippen molar-refractivity contribution in [2.45, 2.75) is 31.7 Å². The van der Waals surface area contributed by atoms with E-state index >= 15 is 0 Å². The predicted molar refractivity (Wildman–Crippen MR) is 86.0 cm³/mol. The number of carboxylic acid groups (broad SMARTS) is 1. The summed E-state index contributed by atoms with van der Waals surface area (Å²) in [5.41, 5.74) is 0.591. The number of hydrogen-bond donors (Lipinski definition) is 2. The fraction of sp³-hybridized carbons (Fsp3) is 0.500. The second kappa shape index (κ2) is 6.46. The summed E-state index contributed by atoms with van der Waals surface area (Å²) in [6, 6.07) is 4.74. The number of amides is 1. The number of piperidine rings is 1. The summed E-state index contributed by atoms with van der Waals surface area (Å²) in [7, 11) is 0. The van der Waals surface area contributed by atoms with Crippen molar-refractivity contribution < 1.29 is 19.6 Å². The third-order valence-electron chi connectivity index (χ3n) is 4.51. The van der Waals surface area contributed by atoms with Gasteiger partial charge in [0.2, 0.25) is 0 Å². The smallest absolute Gasteiger partial charge is 0.306 e. The third-order valence-corrected chi connectivity index (χ3v) is 4.51. The Bertz CT molecular complexity index is 678. The maximum Gasteiger partial charge on any atom is 0.306 e. The van der Waals surface area contributed by atoms with Crippen LogP contribution in [0.25, 0.3) is 0 Å². The van der Waals surface area contributed by atoms with Crippen LogP contribution >= 0.6 is 0 Å². The van der Waals surface area contributed by atoms with E-state index in [1.54, 1.807) is 17.0 Å². The molecule has 3 rings (SSSR count). The maximum absolute atomic E-state index is 12.5. The van der Waals surface area contributed by atoms with Gasteiger partial charge in [-0.3, -0.25) is 19.7 Å². The number of aliphatic carboxylic acids is 1. The molecule has 1 amide bonds. The quantitative estimate of drug-likeness (QED) is 0.630. The summed E-state index contributed by atoms with van der Waals surface area (Å²) in [6.07, 6.45) is 2.81. The van der Waals surface area contributed by atoms with E-state index in [9.17, 15) is 19.7 Å². The van der Waals surface area contributed by atoms with Gasteiger partial charge < -0.3 is 15.3 Å². The molecule has 1 aromatic rings. The van der Waals surface area contributed by atoms with Gasteiger partial charge in [0.15, 0.2) is 0 Å². The van der Waals surface area contributed by atoms with Crippen molar-refractivity contribution in [2.24, 2.45) is 5.92 Å². The minimum atomic E-state index is -0.840. The predicted octanol–water partition coefficient (Wildman–Crippen LogP) is 2.11. The van der Waals surface area contributed by atoms with Crippen LogP contribution in [0.1, 0.15) is 36.0 Å². The first-order valence-corrected chi connectivity index (χ1v) is 8.03. The van der Waals surface area contributed by atoms with E-state index in [4.69, 9.17) is 5.11 Å². The number of carbonyl (C=O) groups is 2. The largest absolute Gasteiger partial charge is 0.481 e. The van der Waals surface area contributed by atoms with E-state index in [0.717, 1.165) is 12.8 Å². The highest BCUT2D eigenvalue weighted by Crippen LogP contribution is 2.32. The lowest BCUT2D eigenvalue weighted by Crippen LogP contribution is -2.40. The number of anilines is 1. The monoisotopic (exact) mass is 333 g/mol. The number of likely N-dealkylation sites (tertiary alicyclic amines) is 1. The summed E-state index contributed by atoms with van der Waals surface area (Å²) in [6.45, 7) is 0.706. The Morgan fingerprint density at radius 3 is 2.42 bits per heavy atom. The minimum Gasteiger partial charge on any atom is -0.481 e. The highest BCUT2D eigenvalue weighted by molar-refractivity contribution is 5.96. The van der Waals surface area contributed by atoms with Gasteiger partial charge in [0.1, 0.15) is 5.69 Å². The number of carbonyl (C=O) groups excluding carboxylic acids is 1. The first kappa shape index (κ1) is 16.2. The van der Waals surface area contributed by atoms with E-state index in [1.165, 1.54) is 6.07 Å². The zero-order valence-electron chi connectivity index (χ0n) is 13.1. The van der Waals surface area contributed by atoms with Crippen LogP contribution in [0.5, 0.6) is 0 Å². The van der Waals surface area contributed by atoms with Crippen LogP contribution in [0.4, 0.5) is 11.4 Å². The lowest BCUT2D eigenvalue weighted by molar-refractivity contribution is -0.384. The number of hydrogen-bond acceptors (Lipinski definition) is 5. The van der Waals surface area contributed by atoms with Gasteiger partial charge in [0, 0.05) is 30.8 Å². The van der Waals surface area contributed by atoms with Crippen molar-refractivity contribution in [3.63, 3.8) is 0 Å². The first-order valence-electron chi connectivity index (χ1n) is 8.03. The molecule has 24 heavy (non-hydrogen) atoms. The molecule has 0 radical (unpaired) electrons. The summed E-state index contributed by atoms with van der Waals surface area (Å²) >= 11 is 0. The normalized spacial score (nSPS) is 18.2. The molecule has 1 aromatic carbocycles. The topological polar surface area (TPSA) is 113 Å². The van der Waals surface area contributed by atoms with Crippen LogP contribution in [0.15, 0.2) is 18.2 Å². The molecule has 8 heteroatoms. The molecule has 0 aromatic heterocycles. The SMILES string of the molecule is O=C(O)C1CCN(C(=O)c2ccc(NC3CC3)c([N+](=O)[O-])c2)CC1. The van der Waals surface area contributed by atoms with Crippen LogP contribution in [-0.2, 0) is 4.79 Å². The fourth-order valence-corrected chi connectivity index (χ4v) is 2.90. The minimum absolute atomic E-state index is 0.104. The maximum atomic E-state index is 12.5. The molecule has 0 spiro atoms. The Hall–Kier alpha value is -2.64. The fourth-order valence-electron chi connectivity index (χ4n) is 2.90. The molecule has 1 heterocycles. The van der Waals surface area contributed by atoms with Crippen LogP contribution in [0.2, 0.25) is 0 Å². The van der Waals surface area contributed by atoms with Gasteiger partial charge in [-0.15, -0.1) is 0 Å². The lowest BCUT2D eigenvalue weighted by Gasteiger charge is -2.30. The van der Waals surface area contributed by atoms with E-state index < -0.39 is 16.8 Å². The van der Waals surface area contributed by atoms with E-state index in [-0.39, 0.29) is 23.2 Å². The van der Waals surface area contributed by atoms with Gasteiger partial charge >= 0.3 is 5.97 Å². The van der Waals surface area contributed by atoms with Gasteiger partial charge in [-0.25, -0.2) is 0 Å². The number of nitro benzene ring substituents is 1. The number of benzene rings is 1. The molecular weight excluding hydrogens is 314 g/mol. The first-order chi connectivity index (χ1) is 11.5. The zero-order chi connectivity index (χ0) is 17.3. The summed E-state index contributed by atoms with van der Waals surface area (Å²) in [4.78, 5) is 35.8. The van der Waals surface area contributed by atoms with Crippen molar-refractivity contribution in [1.29, 1.82) is 0 Å². The van der Waals surface area contributed by atoms with E-state index in [1.807, 2.05) is 0 Å². The van der Waals surface area contributed by atoms with Crippen molar-refractivity contribution in [3.05, 3.63) is 33.9 Å². The highest BCUT2D eigenvalue weighted by atomic mass is 16.6. The molecule has 1 aliphatic carbocycles. The summed E-state index contributed by atoms with van der Waals surface area (Å²) in [5, 5.41) is 23.4. The van der Waals surface area contributed by atoms with Gasteiger partial charge in [-0.05, 0) is 37.8 Å². The molecular formula is C16H19N3O5. The van der Waals surface area contributed by atoms with Crippen molar-refractivity contribution in [3.8, 4) is 0 Å². The van der Waals surface area contributed by atoms with Gasteiger partial charge in [0.25, 0.3) is 11.6 Å². The van der Waals surface area contributed by atoms with Crippen molar-refractivity contribution in [1.82, 2.24) is 4.90 Å². The van der Waals surface area contributed by atoms with Crippen LogP contribution in [-0.4, -0.2) is 45.9 Å². The molecule has 1 aliphatic heterocycles. The second-order valence-electron chi connectivity index (χ2n) is 6.31. The van der Waals surface area contributed by atoms with Crippen molar-refractivity contribution in [2.75, 3.05) is 18.4 Å². The zero-order valence-corrected chi connectivity index (χ0v) is 13.1. The van der Waals surface area contributed by atoms with Gasteiger partial charge in [-0.2, -0.15) is 0 Å². The van der Waals surface area contributed by atoms with E-state index in [0.29, 0.717) is 31.6 Å². The number of nitro groups is 1. The Kier molecular flexibility index (Phi) is 4.37. The molecule has 1 saturated carbocycles.